The van der Waals surface area contributed by atoms with Gasteiger partial charge >= 0.3 is 6.01 Å². The lowest BCUT2D eigenvalue weighted by Crippen LogP contribution is -2.13. The minimum Gasteiger partial charge on any atom is -0.464 e. The Morgan fingerprint density at radius 3 is 2.48 bits per heavy atom. The van der Waals surface area contributed by atoms with Crippen LogP contribution in [0.4, 0.5) is 11.9 Å². The van der Waals surface area contributed by atoms with E-state index in [9.17, 15) is 0 Å². The van der Waals surface area contributed by atoms with Crippen molar-refractivity contribution in [1.82, 2.24) is 19.9 Å². The van der Waals surface area contributed by atoms with Crippen molar-refractivity contribution in [3.05, 3.63) is 30.1 Å². The third kappa shape index (κ3) is 4.27. The van der Waals surface area contributed by atoms with Crippen LogP contribution in [0.1, 0.15) is 32.4 Å². The highest BCUT2D eigenvalue weighted by molar-refractivity contribution is 5.38. The topological polar surface area (TPSA) is 84.9 Å². The maximum absolute atomic E-state index is 5.37. The fraction of sp³-hybridized carbons (Fsp3) is 0.429. The van der Waals surface area contributed by atoms with Crippen molar-refractivity contribution in [2.45, 2.75) is 26.8 Å². The molecule has 112 valence electrons. The second-order valence-electron chi connectivity index (χ2n) is 4.38. The van der Waals surface area contributed by atoms with Crippen LogP contribution in [0.15, 0.2) is 24.5 Å². The quantitative estimate of drug-likeness (QED) is 0.808. The summed E-state index contributed by atoms with van der Waals surface area (Å²) >= 11 is 0. The van der Waals surface area contributed by atoms with Gasteiger partial charge in [-0.3, -0.25) is 4.98 Å². The molecule has 0 fully saturated rings. The Morgan fingerprint density at radius 2 is 1.81 bits per heavy atom. The number of anilines is 2. The van der Waals surface area contributed by atoms with Gasteiger partial charge in [-0.05, 0) is 38.5 Å². The van der Waals surface area contributed by atoms with Gasteiger partial charge < -0.3 is 15.4 Å². The van der Waals surface area contributed by atoms with Crippen molar-refractivity contribution in [1.29, 1.82) is 0 Å². The zero-order valence-electron chi connectivity index (χ0n) is 12.5. The average Bonchev–Trinajstić information content (AvgIpc) is 2.48. The van der Waals surface area contributed by atoms with Crippen molar-refractivity contribution >= 4 is 11.9 Å². The Labute approximate surface area is 124 Å². The molecule has 0 amide bonds. The molecule has 0 spiro atoms. The lowest BCUT2D eigenvalue weighted by atomic mass is 10.1. The highest BCUT2D eigenvalue weighted by Crippen LogP contribution is 2.18. The first kappa shape index (κ1) is 15.0. The van der Waals surface area contributed by atoms with Gasteiger partial charge in [0.15, 0.2) is 0 Å². The maximum atomic E-state index is 5.37. The van der Waals surface area contributed by atoms with Crippen LogP contribution in [0.2, 0.25) is 0 Å². The molecule has 2 rings (SSSR count). The maximum Gasteiger partial charge on any atom is 0.323 e. The van der Waals surface area contributed by atoms with Crippen molar-refractivity contribution in [3.63, 3.8) is 0 Å². The van der Waals surface area contributed by atoms with E-state index in [2.05, 4.69) is 30.6 Å². The number of pyridine rings is 1. The predicted octanol–water partition coefficient (Wildman–Crippen LogP) is 2.27. The molecule has 21 heavy (non-hydrogen) atoms. The summed E-state index contributed by atoms with van der Waals surface area (Å²) in [4.78, 5) is 16.8. The number of nitrogens with zero attached hydrogens (tertiary/aromatic N) is 4. The SMILES string of the molecule is CCNc1nc(NC(C)c2ccncc2)nc(OCC)n1. The number of rotatable bonds is 7. The molecule has 0 aliphatic rings. The van der Waals surface area contributed by atoms with Gasteiger partial charge in [0.05, 0.1) is 12.6 Å². The van der Waals surface area contributed by atoms with Crippen LogP contribution in [0.3, 0.4) is 0 Å². The van der Waals surface area contributed by atoms with Gasteiger partial charge in [-0.15, -0.1) is 0 Å². The van der Waals surface area contributed by atoms with E-state index in [0.717, 1.165) is 12.1 Å². The van der Waals surface area contributed by atoms with E-state index in [0.29, 0.717) is 24.5 Å². The second kappa shape index (κ2) is 7.37. The van der Waals surface area contributed by atoms with E-state index in [-0.39, 0.29) is 6.04 Å². The molecule has 0 aliphatic carbocycles. The van der Waals surface area contributed by atoms with Crippen LogP contribution >= 0.6 is 0 Å². The number of hydrogen-bond acceptors (Lipinski definition) is 7. The first-order chi connectivity index (χ1) is 10.2. The van der Waals surface area contributed by atoms with Gasteiger partial charge in [0.25, 0.3) is 0 Å². The summed E-state index contributed by atoms with van der Waals surface area (Å²) in [5, 5.41) is 6.31. The molecule has 7 heteroatoms. The number of aromatic nitrogens is 4. The molecule has 0 aromatic carbocycles. The Bertz CT molecular complexity index is 538. The molecular weight excluding hydrogens is 268 g/mol. The molecule has 0 bridgehead atoms. The van der Waals surface area contributed by atoms with Gasteiger partial charge in [-0.1, -0.05) is 0 Å². The summed E-state index contributed by atoms with van der Waals surface area (Å²) in [6.45, 7) is 7.15. The van der Waals surface area contributed by atoms with Crippen LogP contribution in [-0.2, 0) is 0 Å². The highest BCUT2D eigenvalue weighted by atomic mass is 16.5. The lowest BCUT2D eigenvalue weighted by Gasteiger charge is -2.15. The first-order valence-corrected chi connectivity index (χ1v) is 7.02. The fourth-order valence-corrected chi connectivity index (χ4v) is 1.78. The Balaban J connectivity index is 2.18. The normalized spacial score (nSPS) is 11.8. The standard InChI is InChI=1S/C14H20N6O/c1-4-16-12-18-13(20-14(19-12)21-5-2)17-10(3)11-6-8-15-9-7-11/h6-10H,4-5H2,1-3H3,(H2,16,17,18,19,20). The van der Waals surface area contributed by atoms with E-state index >= 15 is 0 Å². The summed E-state index contributed by atoms with van der Waals surface area (Å²) in [7, 11) is 0. The van der Waals surface area contributed by atoms with Crippen molar-refractivity contribution in [2.75, 3.05) is 23.8 Å². The molecule has 0 aliphatic heterocycles. The molecule has 2 aromatic rings. The van der Waals surface area contributed by atoms with Crippen LogP contribution in [-0.4, -0.2) is 33.1 Å². The van der Waals surface area contributed by atoms with E-state index in [1.807, 2.05) is 32.9 Å². The molecule has 1 atom stereocenters. The van der Waals surface area contributed by atoms with E-state index < -0.39 is 0 Å². The second-order valence-corrected chi connectivity index (χ2v) is 4.38. The predicted molar refractivity (Wildman–Crippen MR) is 81.4 cm³/mol. The van der Waals surface area contributed by atoms with Crippen molar-refractivity contribution in [2.24, 2.45) is 0 Å². The van der Waals surface area contributed by atoms with Gasteiger partial charge in [-0.25, -0.2) is 0 Å². The molecule has 0 saturated carbocycles. The van der Waals surface area contributed by atoms with Crippen LogP contribution in [0.25, 0.3) is 0 Å². The van der Waals surface area contributed by atoms with Crippen molar-refractivity contribution < 1.29 is 4.74 Å². The summed E-state index contributed by atoms with van der Waals surface area (Å²) in [5.41, 5.74) is 1.10. The van der Waals surface area contributed by atoms with Gasteiger partial charge in [0.1, 0.15) is 0 Å². The number of hydrogen-bond donors (Lipinski definition) is 2. The third-order valence-electron chi connectivity index (χ3n) is 2.77. The monoisotopic (exact) mass is 288 g/mol. The van der Waals surface area contributed by atoms with Gasteiger partial charge in [0, 0.05) is 18.9 Å². The minimum absolute atomic E-state index is 0.0550. The first-order valence-electron chi connectivity index (χ1n) is 7.02. The minimum atomic E-state index is 0.0550. The van der Waals surface area contributed by atoms with Crippen LogP contribution in [0.5, 0.6) is 6.01 Å². The number of ether oxygens (including phenoxy) is 1. The highest BCUT2D eigenvalue weighted by Gasteiger charge is 2.10. The average molecular weight is 288 g/mol. The van der Waals surface area contributed by atoms with E-state index in [1.54, 1.807) is 12.4 Å². The Morgan fingerprint density at radius 1 is 1.10 bits per heavy atom. The van der Waals surface area contributed by atoms with E-state index in [4.69, 9.17) is 4.74 Å². The molecule has 2 heterocycles. The molecule has 1 unspecified atom stereocenters. The van der Waals surface area contributed by atoms with Gasteiger partial charge in [-0.2, -0.15) is 15.0 Å². The zero-order chi connectivity index (χ0) is 15.1. The molecule has 0 saturated heterocycles. The Kier molecular flexibility index (Phi) is 5.25. The summed E-state index contributed by atoms with van der Waals surface area (Å²) < 4.78 is 5.37. The smallest absolute Gasteiger partial charge is 0.323 e. The fourth-order valence-electron chi connectivity index (χ4n) is 1.78. The summed E-state index contributed by atoms with van der Waals surface area (Å²) in [5.74, 6) is 0.981. The van der Waals surface area contributed by atoms with Crippen LogP contribution in [0, 0.1) is 0 Å². The lowest BCUT2D eigenvalue weighted by molar-refractivity contribution is 0.312. The zero-order valence-corrected chi connectivity index (χ0v) is 12.5. The number of nitrogens with one attached hydrogen (secondary N) is 2. The molecule has 0 radical (unpaired) electrons. The Hall–Kier alpha value is -2.44. The van der Waals surface area contributed by atoms with E-state index in [1.165, 1.54) is 0 Å². The summed E-state index contributed by atoms with van der Waals surface area (Å²) in [6.07, 6.45) is 3.52. The largest absolute Gasteiger partial charge is 0.464 e. The summed E-state index contributed by atoms with van der Waals surface area (Å²) in [6, 6.07) is 4.27. The molecule has 7 nitrogen and oxygen atoms in total. The molecule has 2 aromatic heterocycles. The van der Waals surface area contributed by atoms with Gasteiger partial charge in [0.2, 0.25) is 11.9 Å². The molecular formula is C14H20N6O. The van der Waals surface area contributed by atoms with Crippen molar-refractivity contribution in [3.8, 4) is 6.01 Å². The third-order valence-corrected chi connectivity index (χ3v) is 2.77. The van der Waals surface area contributed by atoms with Crippen LogP contribution < -0.4 is 15.4 Å². The molecule has 2 N–H and O–H groups in total.